The minimum Gasteiger partial charge on any atom is -0.394 e. The summed E-state index contributed by atoms with van der Waals surface area (Å²) in [6, 6.07) is 8.92. The largest absolute Gasteiger partial charge is 0.394 e. The molecule has 19 heavy (non-hydrogen) atoms. The number of nitrogens with two attached hydrogens (primary N) is 1. The number of hydrogen-bond donors (Lipinski definition) is 4. The van der Waals surface area contributed by atoms with Crippen molar-refractivity contribution in [2.75, 3.05) is 13.2 Å². The van der Waals surface area contributed by atoms with Gasteiger partial charge in [-0.2, -0.15) is 0 Å². The monoisotopic (exact) mass is 266 g/mol. The number of carbonyl (C=O) groups is 1. The molecule has 5 heteroatoms. The number of carbonyl (C=O) groups excluding carboxylic acids is 1. The quantitative estimate of drug-likeness (QED) is 0.591. The van der Waals surface area contributed by atoms with E-state index in [1.807, 2.05) is 30.3 Å². The Morgan fingerprint density at radius 1 is 1.32 bits per heavy atom. The predicted molar refractivity (Wildman–Crippen MR) is 73.3 cm³/mol. The molecule has 0 fully saturated rings. The maximum absolute atomic E-state index is 12.1. The van der Waals surface area contributed by atoms with Crippen LogP contribution in [0.1, 0.15) is 25.5 Å². The average molecular weight is 266 g/mol. The Labute approximate surface area is 113 Å². The van der Waals surface area contributed by atoms with Gasteiger partial charge in [0.05, 0.1) is 24.7 Å². The van der Waals surface area contributed by atoms with Gasteiger partial charge in [-0.3, -0.25) is 4.79 Å². The lowest BCUT2D eigenvalue weighted by molar-refractivity contribution is -0.128. The number of amides is 1. The number of aliphatic hydroxyl groups is 2. The summed E-state index contributed by atoms with van der Waals surface area (Å²) >= 11 is 0. The lowest BCUT2D eigenvalue weighted by atomic mass is 9.93. The molecule has 0 heterocycles. The van der Waals surface area contributed by atoms with E-state index in [4.69, 9.17) is 15.9 Å². The van der Waals surface area contributed by atoms with Crippen LogP contribution in [0.15, 0.2) is 30.3 Å². The van der Waals surface area contributed by atoms with Gasteiger partial charge in [0.15, 0.2) is 0 Å². The van der Waals surface area contributed by atoms with Crippen LogP contribution in [0, 0.1) is 5.92 Å². The number of benzene rings is 1. The molecule has 2 unspecified atom stereocenters. The van der Waals surface area contributed by atoms with E-state index in [1.54, 1.807) is 13.8 Å². The van der Waals surface area contributed by atoms with Gasteiger partial charge in [0, 0.05) is 6.04 Å². The molecule has 0 aromatic heterocycles. The van der Waals surface area contributed by atoms with Gasteiger partial charge < -0.3 is 21.3 Å². The Kier molecular flexibility index (Phi) is 5.47. The molecule has 0 saturated carbocycles. The van der Waals surface area contributed by atoms with E-state index in [0.29, 0.717) is 0 Å². The second kappa shape index (κ2) is 6.65. The third-order valence-electron chi connectivity index (χ3n) is 3.26. The molecule has 0 aliphatic rings. The van der Waals surface area contributed by atoms with Crippen molar-refractivity contribution < 1.29 is 15.0 Å². The SMILES string of the molecule is CC(C(=O)NC(C)(CO)CO)C(N)c1ccccc1. The highest BCUT2D eigenvalue weighted by Crippen LogP contribution is 2.19. The van der Waals surface area contributed by atoms with E-state index in [9.17, 15) is 4.79 Å². The standard InChI is InChI=1S/C14H22N2O3/c1-10(12(15)11-6-4-3-5-7-11)13(19)16-14(2,8-17)9-18/h3-7,10,12,17-18H,8-9,15H2,1-2H3,(H,16,19). The van der Waals surface area contributed by atoms with Crippen LogP contribution in [0.25, 0.3) is 0 Å². The van der Waals surface area contributed by atoms with Gasteiger partial charge in [0.2, 0.25) is 5.91 Å². The number of rotatable bonds is 6. The first-order chi connectivity index (χ1) is 8.93. The van der Waals surface area contributed by atoms with E-state index in [1.165, 1.54) is 0 Å². The lowest BCUT2D eigenvalue weighted by Gasteiger charge is -2.29. The highest BCUT2D eigenvalue weighted by molar-refractivity contribution is 5.80. The first kappa shape index (κ1) is 15.6. The maximum atomic E-state index is 12.1. The zero-order chi connectivity index (χ0) is 14.5. The van der Waals surface area contributed by atoms with Gasteiger partial charge in [0.25, 0.3) is 0 Å². The van der Waals surface area contributed by atoms with Gasteiger partial charge in [0.1, 0.15) is 0 Å². The van der Waals surface area contributed by atoms with Crippen LogP contribution in [0.3, 0.4) is 0 Å². The van der Waals surface area contributed by atoms with Crippen LogP contribution in [0.4, 0.5) is 0 Å². The molecule has 0 radical (unpaired) electrons. The van der Waals surface area contributed by atoms with Gasteiger partial charge in [-0.25, -0.2) is 0 Å². The van der Waals surface area contributed by atoms with Crippen molar-refractivity contribution in [2.24, 2.45) is 11.7 Å². The molecule has 0 aliphatic carbocycles. The molecule has 5 N–H and O–H groups in total. The van der Waals surface area contributed by atoms with E-state index in [2.05, 4.69) is 5.32 Å². The van der Waals surface area contributed by atoms with Crippen molar-refractivity contribution >= 4 is 5.91 Å². The third kappa shape index (κ3) is 4.02. The molecule has 0 saturated heterocycles. The Bertz CT molecular complexity index is 404. The molecule has 0 aliphatic heterocycles. The second-order valence-electron chi connectivity index (χ2n) is 5.09. The molecule has 2 atom stereocenters. The van der Waals surface area contributed by atoms with Gasteiger partial charge in [-0.1, -0.05) is 37.3 Å². The first-order valence-electron chi connectivity index (χ1n) is 6.28. The summed E-state index contributed by atoms with van der Waals surface area (Å²) in [7, 11) is 0. The van der Waals surface area contributed by atoms with Crippen LogP contribution < -0.4 is 11.1 Å². The minimum atomic E-state index is -1.03. The van der Waals surface area contributed by atoms with Gasteiger partial charge in [-0.15, -0.1) is 0 Å². The topological polar surface area (TPSA) is 95.6 Å². The highest BCUT2D eigenvalue weighted by Gasteiger charge is 2.29. The molecular formula is C14H22N2O3. The molecule has 5 nitrogen and oxygen atoms in total. The van der Waals surface area contributed by atoms with Crippen molar-refractivity contribution in [3.05, 3.63) is 35.9 Å². The maximum Gasteiger partial charge on any atom is 0.225 e. The van der Waals surface area contributed by atoms with Crippen LogP contribution in [0.5, 0.6) is 0 Å². The summed E-state index contributed by atoms with van der Waals surface area (Å²) in [5, 5.41) is 21.0. The fourth-order valence-corrected chi connectivity index (χ4v) is 1.67. The summed E-state index contributed by atoms with van der Waals surface area (Å²) in [5.74, 6) is -0.748. The summed E-state index contributed by atoms with van der Waals surface area (Å²) in [4.78, 5) is 12.1. The molecule has 0 spiro atoms. The molecule has 106 valence electrons. The van der Waals surface area contributed by atoms with Crippen molar-refractivity contribution in [3.63, 3.8) is 0 Å². The molecule has 1 aromatic rings. The second-order valence-corrected chi connectivity index (χ2v) is 5.09. The van der Waals surface area contributed by atoms with E-state index in [-0.39, 0.29) is 19.1 Å². The minimum absolute atomic E-state index is 0.290. The Hall–Kier alpha value is -1.43. The van der Waals surface area contributed by atoms with Crippen LogP contribution >= 0.6 is 0 Å². The molecule has 1 rings (SSSR count). The average Bonchev–Trinajstić information content (AvgIpc) is 2.46. The summed E-state index contributed by atoms with van der Waals surface area (Å²) < 4.78 is 0. The smallest absolute Gasteiger partial charge is 0.225 e. The predicted octanol–water partition coefficient (Wildman–Crippen LogP) is 0.182. The Balaban J connectivity index is 2.72. The number of aliphatic hydroxyl groups excluding tert-OH is 2. The van der Waals surface area contributed by atoms with E-state index in [0.717, 1.165) is 5.56 Å². The zero-order valence-corrected chi connectivity index (χ0v) is 11.3. The Morgan fingerprint density at radius 2 is 1.84 bits per heavy atom. The summed E-state index contributed by atoms with van der Waals surface area (Å²) in [5.41, 5.74) is 5.90. The number of hydrogen-bond acceptors (Lipinski definition) is 4. The van der Waals surface area contributed by atoms with Crippen LogP contribution in [0.2, 0.25) is 0 Å². The van der Waals surface area contributed by atoms with Crippen molar-refractivity contribution in [1.82, 2.24) is 5.32 Å². The number of nitrogens with one attached hydrogen (secondary N) is 1. The van der Waals surface area contributed by atoms with E-state index < -0.39 is 17.5 Å². The first-order valence-corrected chi connectivity index (χ1v) is 6.28. The molecule has 0 bridgehead atoms. The molecule has 1 aromatic carbocycles. The fourth-order valence-electron chi connectivity index (χ4n) is 1.67. The third-order valence-corrected chi connectivity index (χ3v) is 3.26. The van der Waals surface area contributed by atoms with Gasteiger partial charge in [-0.05, 0) is 12.5 Å². The summed E-state index contributed by atoms with van der Waals surface area (Å²) in [6.45, 7) is 2.64. The van der Waals surface area contributed by atoms with Crippen molar-refractivity contribution in [2.45, 2.75) is 25.4 Å². The van der Waals surface area contributed by atoms with Crippen molar-refractivity contribution in [3.8, 4) is 0 Å². The van der Waals surface area contributed by atoms with Crippen molar-refractivity contribution in [1.29, 1.82) is 0 Å². The Morgan fingerprint density at radius 3 is 2.32 bits per heavy atom. The fraction of sp³-hybridized carbons (Fsp3) is 0.500. The molecule has 1 amide bonds. The highest BCUT2D eigenvalue weighted by atomic mass is 16.3. The van der Waals surface area contributed by atoms with Crippen LogP contribution in [-0.2, 0) is 4.79 Å². The van der Waals surface area contributed by atoms with Crippen LogP contribution in [-0.4, -0.2) is 34.9 Å². The van der Waals surface area contributed by atoms with E-state index >= 15 is 0 Å². The molecular weight excluding hydrogens is 244 g/mol. The normalized spacial score (nSPS) is 14.8. The van der Waals surface area contributed by atoms with Gasteiger partial charge >= 0.3 is 0 Å². The lowest BCUT2D eigenvalue weighted by Crippen LogP contribution is -2.54. The summed E-state index contributed by atoms with van der Waals surface area (Å²) in [6.07, 6.45) is 0. The zero-order valence-electron chi connectivity index (χ0n) is 11.3.